The highest BCUT2D eigenvalue weighted by molar-refractivity contribution is 5.87. The number of carbonyl (C=O) groups is 2. The number of hydrogen-bond donors (Lipinski definition) is 3. The molecule has 0 aliphatic carbocycles. The van der Waals surface area contributed by atoms with Crippen LogP contribution in [0.25, 0.3) is 0 Å². The maximum atomic E-state index is 11.6. The molecule has 0 bridgehead atoms. The monoisotopic (exact) mass is 229 g/mol. The standard InChI is InChI=1S/C10H19N3O3/c1-10(2,9(15)16)12-8(14)7-13-5-3-11-4-6-13/h11H,3-7H2,1-2H3,(H,12,14)(H,15,16). The molecule has 1 heterocycles. The molecule has 6 heteroatoms. The predicted molar refractivity (Wildman–Crippen MR) is 59.2 cm³/mol. The Balaban J connectivity index is 2.37. The molecule has 0 atom stereocenters. The Kier molecular flexibility index (Phi) is 4.26. The molecular formula is C10H19N3O3. The Morgan fingerprint density at radius 3 is 2.44 bits per heavy atom. The van der Waals surface area contributed by atoms with Crippen LogP contribution in [0.4, 0.5) is 0 Å². The highest BCUT2D eigenvalue weighted by atomic mass is 16.4. The highest BCUT2D eigenvalue weighted by Crippen LogP contribution is 2.02. The topological polar surface area (TPSA) is 81.7 Å². The number of carboxylic acid groups (broad SMARTS) is 1. The fraction of sp³-hybridized carbons (Fsp3) is 0.800. The summed E-state index contributed by atoms with van der Waals surface area (Å²) in [7, 11) is 0. The van der Waals surface area contributed by atoms with Crippen LogP contribution in [-0.2, 0) is 9.59 Å². The van der Waals surface area contributed by atoms with E-state index in [2.05, 4.69) is 10.6 Å². The molecule has 3 N–H and O–H groups in total. The lowest BCUT2D eigenvalue weighted by Crippen LogP contribution is -2.54. The van der Waals surface area contributed by atoms with Gasteiger partial charge in [-0.3, -0.25) is 9.69 Å². The minimum Gasteiger partial charge on any atom is -0.480 e. The van der Waals surface area contributed by atoms with Crippen molar-refractivity contribution in [3.05, 3.63) is 0 Å². The van der Waals surface area contributed by atoms with Crippen molar-refractivity contribution < 1.29 is 14.7 Å². The average molecular weight is 229 g/mol. The van der Waals surface area contributed by atoms with E-state index in [0.29, 0.717) is 0 Å². The first-order valence-corrected chi connectivity index (χ1v) is 5.39. The number of nitrogens with zero attached hydrogens (tertiary/aromatic N) is 1. The van der Waals surface area contributed by atoms with Gasteiger partial charge in [-0.1, -0.05) is 0 Å². The zero-order valence-electron chi connectivity index (χ0n) is 9.75. The number of amides is 1. The lowest BCUT2D eigenvalue weighted by atomic mass is 10.1. The summed E-state index contributed by atoms with van der Waals surface area (Å²) in [5, 5.41) is 14.5. The SMILES string of the molecule is CC(C)(NC(=O)CN1CCNCC1)C(=O)O. The van der Waals surface area contributed by atoms with Crippen LogP contribution in [0.1, 0.15) is 13.8 Å². The first kappa shape index (κ1) is 12.9. The first-order chi connectivity index (χ1) is 7.42. The molecule has 0 spiro atoms. The zero-order chi connectivity index (χ0) is 12.2. The Bertz CT molecular complexity index is 272. The molecule has 0 aromatic rings. The van der Waals surface area contributed by atoms with Gasteiger partial charge in [-0.25, -0.2) is 4.79 Å². The fourth-order valence-corrected chi connectivity index (χ4v) is 1.51. The summed E-state index contributed by atoms with van der Waals surface area (Å²) in [6.45, 7) is 6.60. The summed E-state index contributed by atoms with van der Waals surface area (Å²) in [6, 6.07) is 0. The van der Waals surface area contributed by atoms with Crippen LogP contribution < -0.4 is 10.6 Å². The van der Waals surface area contributed by atoms with Gasteiger partial charge in [0.2, 0.25) is 5.91 Å². The van der Waals surface area contributed by atoms with E-state index in [1.807, 2.05) is 4.90 Å². The Morgan fingerprint density at radius 2 is 1.94 bits per heavy atom. The van der Waals surface area contributed by atoms with E-state index in [4.69, 9.17) is 5.11 Å². The van der Waals surface area contributed by atoms with Gasteiger partial charge in [0, 0.05) is 26.2 Å². The molecule has 1 aliphatic heterocycles. The van der Waals surface area contributed by atoms with Gasteiger partial charge in [0.1, 0.15) is 5.54 Å². The summed E-state index contributed by atoms with van der Waals surface area (Å²) >= 11 is 0. The van der Waals surface area contributed by atoms with E-state index in [0.717, 1.165) is 26.2 Å². The van der Waals surface area contributed by atoms with Crippen molar-refractivity contribution in [1.29, 1.82) is 0 Å². The first-order valence-electron chi connectivity index (χ1n) is 5.39. The smallest absolute Gasteiger partial charge is 0.328 e. The van der Waals surface area contributed by atoms with Crippen molar-refractivity contribution in [1.82, 2.24) is 15.5 Å². The van der Waals surface area contributed by atoms with E-state index >= 15 is 0 Å². The van der Waals surface area contributed by atoms with Crippen molar-refractivity contribution in [3.63, 3.8) is 0 Å². The third-order valence-corrected chi connectivity index (χ3v) is 2.56. The average Bonchev–Trinajstić information content (AvgIpc) is 2.17. The summed E-state index contributed by atoms with van der Waals surface area (Å²) in [5.41, 5.74) is -1.20. The molecule has 0 saturated carbocycles. The van der Waals surface area contributed by atoms with Gasteiger partial charge in [-0.15, -0.1) is 0 Å². The predicted octanol–water partition coefficient (Wildman–Crippen LogP) is -1.13. The van der Waals surface area contributed by atoms with Crippen molar-refractivity contribution in [2.24, 2.45) is 0 Å². The molecule has 0 unspecified atom stereocenters. The second kappa shape index (κ2) is 5.27. The highest BCUT2D eigenvalue weighted by Gasteiger charge is 2.29. The second-order valence-electron chi connectivity index (χ2n) is 4.50. The molecule has 92 valence electrons. The Hall–Kier alpha value is -1.14. The van der Waals surface area contributed by atoms with E-state index < -0.39 is 11.5 Å². The second-order valence-corrected chi connectivity index (χ2v) is 4.50. The number of nitrogens with one attached hydrogen (secondary N) is 2. The van der Waals surface area contributed by atoms with Gasteiger partial charge in [0.15, 0.2) is 0 Å². The van der Waals surface area contributed by atoms with Crippen LogP contribution in [0.5, 0.6) is 0 Å². The maximum absolute atomic E-state index is 11.6. The van der Waals surface area contributed by atoms with Crippen molar-refractivity contribution >= 4 is 11.9 Å². The number of carbonyl (C=O) groups excluding carboxylic acids is 1. The van der Waals surface area contributed by atoms with Gasteiger partial charge in [0.05, 0.1) is 6.54 Å². The summed E-state index contributed by atoms with van der Waals surface area (Å²) in [4.78, 5) is 24.4. The number of rotatable bonds is 4. The summed E-state index contributed by atoms with van der Waals surface area (Å²) < 4.78 is 0. The quantitative estimate of drug-likeness (QED) is 0.568. The molecule has 16 heavy (non-hydrogen) atoms. The van der Waals surface area contributed by atoms with Crippen LogP contribution in [0, 0.1) is 0 Å². The van der Waals surface area contributed by atoms with Gasteiger partial charge >= 0.3 is 5.97 Å². The molecule has 1 rings (SSSR count). The van der Waals surface area contributed by atoms with Crippen molar-refractivity contribution in [2.75, 3.05) is 32.7 Å². The number of aliphatic carboxylic acids is 1. The molecular weight excluding hydrogens is 210 g/mol. The molecule has 6 nitrogen and oxygen atoms in total. The van der Waals surface area contributed by atoms with Crippen LogP contribution in [0.2, 0.25) is 0 Å². The van der Waals surface area contributed by atoms with Crippen molar-refractivity contribution in [2.45, 2.75) is 19.4 Å². The van der Waals surface area contributed by atoms with Crippen LogP contribution in [-0.4, -0.2) is 60.1 Å². The maximum Gasteiger partial charge on any atom is 0.328 e. The van der Waals surface area contributed by atoms with E-state index in [-0.39, 0.29) is 12.5 Å². The molecule has 1 amide bonds. The van der Waals surface area contributed by atoms with E-state index in [9.17, 15) is 9.59 Å². The molecule has 1 fully saturated rings. The lowest BCUT2D eigenvalue weighted by Gasteiger charge is -2.28. The van der Waals surface area contributed by atoms with Crippen LogP contribution >= 0.6 is 0 Å². The molecule has 0 aromatic heterocycles. The third-order valence-electron chi connectivity index (χ3n) is 2.56. The number of hydrogen-bond acceptors (Lipinski definition) is 4. The van der Waals surface area contributed by atoms with Crippen LogP contribution in [0.15, 0.2) is 0 Å². The number of carboxylic acids is 1. The van der Waals surface area contributed by atoms with Gasteiger partial charge in [-0.05, 0) is 13.8 Å². The van der Waals surface area contributed by atoms with E-state index in [1.54, 1.807) is 0 Å². The molecule has 0 aromatic carbocycles. The third kappa shape index (κ3) is 3.79. The minimum atomic E-state index is -1.20. The molecule has 0 radical (unpaired) electrons. The normalized spacial score (nSPS) is 18.1. The lowest BCUT2D eigenvalue weighted by molar-refractivity contribution is -0.146. The Labute approximate surface area is 95.0 Å². The molecule has 1 aliphatic rings. The summed E-state index contributed by atoms with van der Waals surface area (Å²) in [6.07, 6.45) is 0. The van der Waals surface area contributed by atoms with Gasteiger partial charge < -0.3 is 15.7 Å². The zero-order valence-corrected chi connectivity index (χ0v) is 9.75. The van der Waals surface area contributed by atoms with Crippen molar-refractivity contribution in [3.8, 4) is 0 Å². The number of piperazine rings is 1. The van der Waals surface area contributed by atoms with Crippen LogP contribution in [0.3, 0.4) is 0 Å². The van der Waals surface area contributed by atoms with E-state index in [1.165, 1.54) is 13.8 Å². The fourth-order valence-electron chi connectivity index (χ4n) is 1.51. The van der Waals surface area contributed by atoms with Gasteiger partial charge in [0.25, 0.3) is 0 Å². The molecule has 1 saturated heterocycles. The Morgan fingerprint density at radius 1 is 1.38 bits per heavy atom. The largest absolute Gasteiger partial charge is 0.480 e. The minimum absolute atomic E-state index is 0.241. The van der Waals surface area contributed by atoms with Gasteiger partial charge in [-0.2, -0.15) is 0 Å². The summed E-state index contributed by atoms with van der Waals surface area (Å²) in [5.74, 6) is -1.27.